The molecule has 1 N–H and O–H groups in total. The van der Waals surface area contributed by atoms with Gasteiger partial charge in [-0.2, -0.15) is 0 Å². The first-order valence-corrected chi connectivity index (χ1v) is 4.58. The van der Waals surface area contributed by atoms with Crippen molar-refractivity contribution in [2.24, 2.45) is 0 Å². The lowest BCUT2D eigenvalue weighted by Gasteiger charge is -2.13. The second-order valence-corrected chi connectivity index (χ2v) is 3.02. The van der Waals surface area contributed by atoms with E-state index in [1.54, 1.807) is 21.3 Å². The predicted octanol–water partition coefficient (Wildman–Crippen LogP) is 1.60. The van der Waals surface area contributed by atoms with Crippen LogP contribution >= 0.6 is 12.2 Å². The van der Waals surface area contributed by atoms with E-state index < -0.39 is 0 Å². The Bertz CT molecular complexity index is 317. The lowest BCUT2D eigenvalue weighted by Crippen LogP contribution is -2.18. The molecule has 0 radical (unpaired) electrons. The lowest BCUT2D eigenvalue weighted by atomic mass is 10.1. The number of nitrogens with one attached hydrogen (secondary N) is 1. The highest BCUT2D eigenvalue weighted by Gasteiger charge is 2.12. The number of rotatable bonds is 3. The minimum absolute atomic E-state index is 0.610. The molecular weight excluding hydrogens is 198 g/mol. The molecule has 0 heterocycles. The summed E-state index contributed by atoms with van der Waals surface area (Å²) in [4.78, 5) is 0.610. The first-order valence-electron chi connectivity index (χ1n) is 4.17. The zero-order chi connectivity index (χ0) is 10.6. The molecule has 0 saturated heterocycles. The fourth-order valence-electron chi connectivity index (χ4n) is 1.20. The first kappa shape index (κ1) is 10.8. The molecule has 0 fully saturated rings. The van der Waals surface area contributed by atoms with Gasteiger partial charge in [-0.15, -0.1) is 0 Å². The van der Waals surface area contributed by atoms with Gasteiger partial charge in [0.15, 0.2) is 0 Å². The highest BCUT2D eigenvalue weighted by atomic mass is 32.1. The van der Waals surface area contributed by atoms with E-state index in [9.17, 15) is 0 Å². The molecular formula is C10H13NO2S. The number of methoxy groups -OCH3 is 2. The van der Waals surface area contributed by atoms with Crippen molar-refractivity contribution in [1.29, 1.82) is 0 Å². The van der Waals surface area contributed by atoms with Crippen molar-refractivity contribution < 1.29 is 9.47 Å². The molecule has 0 amide bonds. The molecule has 76 valence electrons. The van der Waals surface area contributed by atoms with Crippen LogP contribution in [0.1, 0.15) is 5.56 Å². The molecule has 1 aromatic carbocycles. The Hall–Kier alpha value is -1.29. The Morgan fingerprint density at radius 3 is 2.07 bits per heavy atom. The highest BCUT2D eigenvalue weighted by Crippen LogP contribution is 2.28. The van der Waals surface area contributed by atoms with Crippen molar-refractivity contribution in [3.8, 4) is 11.5 Å². The molecule has 0 aromatic heterocycles. The average Bonchev–Trinajstić information content (AvgIpc) is 2.26. The van der Waals surface area contributed by atoms with E-state index in [0.29, 0.717) is 16.5 Å². The third-order valence-electron chi connectivity index (χ3n) is 1.88. The van der Waals surface area contributed by atoms with Crippen molar-refractivity contribution in [2.75, 3.05) is 21.3 Å². The fourth-order valence-corrected chi connectivity index (χ4v) is 1.40. The summed E-state index contributed by atoms with van der Waals surface area (Å²) >= 11 is 5.16. The van der Waals surface area contributed by atoms with Crippen molar-refractivity contribution in [1.82, 2.24) is 5.32 Å². The molecule has 0 spiro atoms. The zero-order valence-electron chi connectivity index (χ0n) is 8.46. The van der Waals surface area contributed by atoms with Crippen LogP contribution in [0.25, 0.3) is 0 Å². The van der Waals surface area contributed by atoms with Gasteiger partial charge in [0.05, 0.1) is 19.8 Å². The van der Waals surface area contributed by atoms with Gasteiger partial charge in [-0.3, -0.25) is 0 Å². The molecule has 0 atom stereocenters. The Morgan fingerprint density at radius 1 is 1.21 bits per heavy atom. The summed E-state index contributed by atoms with van der Waals surface area (Å²) in [5.41, 5.74) is 0.787. The molecule has 0 unspecified atom stereocenters. The van der Waals surface area contributed by atoms with Gasteiger partial charge in [0.1, 0.15) is 16.5 Å². The molecule has 14 heavy (non-hydrogen) atoms. The van der Waals surface area contributed by atoms with Crippen LogP contribution in [0.5, 0.6) is 11.5 Å². The van der Waals surface area contributed by atoms with Gasteiger partial charge in [0, 0.05) is 7.05 Å². The van der Waals surface area contributed by atoms with E-state index in [4.69, 9.17) is 21.7 Å². The molecule has 0 aliphatic heterocycles. The summed E-state index contributed by atoms with van der Waals surface area (Å²) in [5, 5.41) is 2.90. The predicted molar refractivity (Wildman–Crippen MR) is 60.3 cm³/mol. The van der Waals surface area contributed by atoms with Crippen LogP contribution in [0.15, 0.2) is 18.2 Å². The van der Waals surface area contributed by atoms with Gasteiger partial charge in [-0.1, -0.05) is 18.3 Å². The van der Waals surface area contributed by atoms with Gasteiger partial charge in [0.2, 0.25) is 0 Å². The highest BCUT2D eigenvalue weighted by molar-refractivity contribution is 7.80. The second kappa shape index (κ2) is 4.81. The number of hydrogen-bond donors (Lipinski definition) is 1. The zero-order valence-corrected chi connectivity index (χ0v) is 9.27. The summed E-state index contributed by atoms with van der Waals surface area (Å²) in [7, 11) is 4.99. The van der Waals surface area contributed by atoms with Crippen LogP contribution in [0.2, 0.25) is 0 Å². The van der Waals surface area contributed by atoms with Crippen molar-refractivity contribution in [2.45, 2.75) is 0 Å². The van der Waals surface area contributed by atoms with Crippen LogP contribution in [0.4, 0.5) is 0 Å². The van der Waals surface area contributed by atoms with E-state index in [1.165, 1.54) is 0 Å². The quantitative estimate of drug-likeness (QED) is 0.769. The van der Waals surface area contributed by atoms with Gasteiger partial charge in [0.25, 0.3) is 0 Å². The van der Waals surface area contributed by atoms with Crippen molar-refractivity contribution >= 4 is 17.2 Å². The van der Waals surface area contributed by atoms with Crippen LogP contribution in [-0.2, 0) is 0 Å². The van der Waals surface area contributed by atoms with Crippen LogP contribution < -0.4 is 14.8 Å². The molecule has 0 aliphatic carbocycles. The topological polar surface area (TPSA) is 30.5 Å². The summed E-state index contributed by atoms with van der Waals surface area (Å²) in [5.74, 6) is 1.42. The second-order valence-electron chi connectivity index (χ2n) is 2.62. The smallest absolute Gasteiger partial charge is 0.132 e. The number of hydrogen-bond acceptors (Lipinski definition) is 3. The lowest BCUT2D eigenvalue weighted by molar-refractivity contribution is 0.393. The third kappa shape index (κ3) is 1.96. The normalized spacial score (nSPS) is 9.36. The number of thiocarbonyl (C=S) groups is 1. The maximum atomic E-state index is 5.20. The monoisotopic (exact) mass is 211 g/mol. The SMILES string of the molecule is CNC(=S)c1c(OC)cccc1OC. The molecule has 4 heteroatoms. The van der Waals surface area contributed by atoms with E-state index in [0.717, 1.165) is 5.56 Å². The van der Waals surface area contributed by atoms with Gasteiger partial charge < -0.3 is 14.8 Å². The van der Waals surface area contributed by atoms with E-state index >= 15 is 0 Å². The maximum absolute atomic E-state index is 5.20. The first-order chi connectivity index (χ1) is 6.74. The molecule has 0 bridgehead atoms. The van der Waals surface area contributed by atoms with Gasteiger partial charge >= 0.3 is 0 Å². The van der Waals surface area contributed by atoms with Crippen molar-refractivity contribution in [3.63, 3.8) is 0 Å². The third-order valence-corrected chi connectivity index (χ3v) is 2.29. The van der Waals surface area contributed by atoms with Crippen LogP contribution in [0.3, 0.4) is 0 Å². The Morgan fingerprint density at radius 2 is 1.71 bits per heavy atom. The molecule has 1 rings (SSSR count). The Labute approximate surface area is 89.0 Å². The minimum Gasteiger partial charge on any atom is -0.496 e. The standard InChI is InChI=1S/C10H13NO2S/c1-11-10(14)9-7(12-2)5-4-6-8(9)13-3/h4-6H,1-3H3,(H,11,14). The molecule has 0 aliphatic rings. The largest absolute Gasteiger partial charge is 0.496 e. The number of ether oxygens (including phenoxy) is 2. The number of benzene rings is 1. The summed E-state index contributed by atoms with van der Waals surface area (Å²) in [6, 6.07) is 5.56. The molecule has 1 aromatic rings. The Balaban J connectivity index is 3.25. The molecule has 3 nitrogen and oxygen atoms in total. The molecule has 0 saturated carbocycles. The average molecular weight is 211 g/mol. The summed E-state index contributed by atoms with van der Waals surface area (Å²) in [6.45, 7) is 0. The van der Waals surface area contributed by atoms with E-state index in [-0.39, 0.29) is 0 Å². The van der Waals surface area contributed by atoms with Gasteiger partial charge in [-0.05, 0) is 12.1 Å². The van der Waals surface area contributed by atoms with Crippen molar-refractivity contribution in [3.05, 3.63) is 23.8 Å². The van der Waals surface area contributed by atoms with E-state index in [2.05, 4.69) is 5.32 Å². The van der Waals surface area contributed by atoms with E-state index in [1.807, 2.05) is 18.2 Å². The Kier molecular flexibility index (Phi) is 3.71. The summed E-state index contributed by atoms with van der Waals surface area (Å²) in [6.07, 6.45) is 0. The van der Waals surface area contributed by atoms with Crippen LogP contribution in [-0.4, -0.2) is 26.3 Å². The fraction of sp³-hybridized carbons (Fsp3) is 0.300. The van der Waals surface area contributed by atoms with Gasteiger partial charge in [-0.25, -0.2) is 0 Å². The maximum Gasteiger partial charge on any atom is 0.132 e. The van der Waals surface area contributed by atoms with Crippen LogP contribution in [0, 0.1) is 0 Å². The minimum atomic E-state index is 0.610. The summed E-state index contributed by atoms with van der Waals surface area (Å²) < 4.78 is 10.4.